The topological polar surface area (TPSA) is 37.5 Å². The van der Waals surface area contributed by atoms with Gasteiger partial charge in [-0.15, -0.1) is 0 Å². The molecule has 1 aliphatic heterocycles. The lowest BCUT2D eigenvalue weighted by molar-refractivity contribution is 0.582. The second-order valence-electron chi connectivity index (χ2n) is 4.42. The van der Waals surface area contributed by atoms with Gasteiger partial charge in [0.05, 0.1) is 6.26 Å². The van der Waals surface area contributed by atoms with Crippen molar-refractivity contribution in [2.24, 2.45) is 4.99 Å². The van der Waals surface area contributed by atoms with Crippen molar-refractivity contribution in [2.45, 2.75) is 12.8 Å². The van der Waals surface area contributed by atoms with Gasteiger partial charge in [0, 0.05) is 24.2 Å². The van der Waals surface area contributed by atoms with Gasteiger partial charge in [0.25, 0.3) is 0 Å². The highest BCUT2D eigenvalue weighted by atomic mass is 16.3. The molecule has 0 saturated heterocycles. The maximum Gasteiger partial charge on any atom is 0.133 e. The predicted molar refractivity (Wildman–Crippen MR) is 72.8 cm³/mol. The lowest BCUT2D eigenvalue weighted by Crippen LogP contribution is -2.24. The first-order valence-electron chi connectivity index (χ1n) is 6.36. The van der Waals surface area contributed by atoms with Crippen LogP contribution in [0, 0.1) is 0 Å². The summed E-state index contributed by atoms with van der Waals surface area (Å²) >= 11 is 0. The molecular weight excluding hydrogens is 224 g/mol. The van der Waals surface area contributed by atoms with Crippen molar-refractivity contribution in [1.82, 2.24) is 5.32 Å². The first-order chi connectivity index (χ1) is 8.93. The van der Waals surface area contributed by atoms with E-state index in [0.717, 1.165) is 35.8 Å². The fraction of sp³-hybridized carbons (Fsp3) is 0.267. The quantitative estimate of drug-likeness (QED) is 0.876. The van der Waals surface area contributed by atoms with Crippen molar-refractivity contribution < 1.29 is 4.42 Å². The van der Waals surface area contributed by atoms with E-state index in [1.54, 1.807) is 6.26 Å². The maximum absolute atomic E-state index is 5.38. The van der Waals surface area contributed by atoms with Crippen molar-refractivity contribution in [3.8, 4) is 11.3 Å². The monoisotopic (exact) mass is 240 g/mol. The Hall–Kier alpha value is -2.03. The average molecular weight is 240 g/mol. The van der Waals surface area contributed by atoms with E-state index < -0.39 is 0 Å². The van der Waals surface area contributed by atoms with Gasteiger partial charge in [0.2, 0.25) is 0 Å². The van der Waals surface area contributed by atoms with E-state index in [1.165, 1.54) is 12.8 Å². The van der Waals surface area contributed by atoms with E-state index in [2.05, 4.69) is 34.6 Å². The van der Waals surface area contributed by atoms with E-state index >= 15 is 0 Å². The van der Waals surface area contributed by atoms with Crippen molar-refractivity contribution in [3.05, 3.63) is 48.2 Å². The zero-order chi connectivity index (χ0) is 12.2. The summed E-state index contributed by atoms with van der Waals surface area (Å²) in [5, 5.41) is 3.38. The molecule has 18 heavy (non-hydrogen) atoms. The second kappa shape index (κ2) is 5.08. The van der Waals surface area contributed by atoms with Gasteiger partial charge in [-0.1, -0.05) is 24.3 Å². The number of furan rings is 1. The molecule has 0 bridgehead atoms. The fourth-order valence-electron chi connectivity index (χ4n) is 2.12. The zero-order valence-corrected chi connectivity index (χ0v) is 10.2. The van der Waals surface area contributed by atoms with E-state index in [9.17, 15) is 0 Å². The number of nitrogens with one attached hydrogen (secondary N) is 1. The van der Waals surface area contributed by atoms with Crippen LogP contribution >= 0.6 is 0 Å². The smallest absolute Gasteiger partial charge is 0.133 e. The molecule has 2 heterocycles. The molecule has 2 aromatic rings. The molecule has 92 valence electrons. The number of nitrogens with zero attached hydrogens (tertiary/aromatic N) is 1. The number of rotatable bonds is 2. The van der Waals surface area contributed by atoms with Gasteiger partial charge >= 0.3 is 0 Å². The number of benzene rings is 1. The molecular formula is C15H16N2O. The second-order valence-corrected chi connectivity index (χ2v) is 4.42. The zero-order valence-electron chi connectivity index (χ0n) is 10.2. The molecule has 0 radical (unpaired) electrons. The molecule has 3 heteroatoms. The van der Waals surface area contributed by atoms with Crippen LogP contribution in [0.5, 0.6) is 0 Å². The Labute approximate surface area is 107 Å². The summed E-state index contributed by atoms with van der Waals surface area (Å²) in [4.78, 5) is 4.57. The van der Waals surface area contributed by atoms with Crippen LogP contribution in [0.2, 0.25) is 0 Å². The van der Waals surface area contributed by atoms with E-state index in [1.807, 2.05) is 12.1 Å². The fourth-order valence-corrected chi connectivity index (χ4v) is 2.12. The normalized spacial score (nSPS) is 15.7. The highest BCUT2D eigenvalue weighted by Crippen LogP contribution is 2.20. The summed E-state index contributed by atoms with van der Waals surface area (Å²) in [6.07, 6.45) is 4.05. The van der Waals surface area contributed by atoms with E-state index in [-0.39, 0.29) is 0 Å². The van der Waals surface area contributed by atoms with E-state index in [0.29, 0.717) is 0 Å². The molecule has 1 N–H and O–H groups in total. The number of aliphatic imine (C=N–C) groups is 1. The van der Waals surface area contributed by atoms with Crippen LogP contribution in [-0.2, 0) is 0 Å². The number of hydrogen-bond donors (Lipinski definition) is 1. The van der Waals surface area contributed by atoms with Gasteiger partial charge in [-0.3, -0.25) is 4.99 Å². The lowest BCUT2D eigenvalue weighted by atomic mass is 10.1. The third-order valence-electron chi connectivity index (χ3n) is 3.11. The van der Waals surface area contributed by atoms with Crippen molar-refractivity contribution >= 4 is 5.84 Å². The Balaban J connectivity index is 1.84. The van der Waals surface area contributed by atoms with Gasteiger partial charge in [0.1, 0.15) is 11.6 Å². The van der Waals surface area contributed by atoms with Crippen molar-refractivity contribution in [1.29, 1.82) is 0 Å². The molecule has 0 fully saturated rings. The molecule has 0 saturated carbocycles. The predicted octanol–water partition coefficient (Wildman–Crippen LogP) is 3.08. The molecule has 0 unspecified atom stereocenters. The summed E-state index contributed by atoms with van der Waals surface area (Å²) in [5.74, 6) is 1.91. The van der Waals surface area contributed by atoms with Crippen molar-refractivity contribution in [2.75, 3.05) is 13.1 Å². The molecule has 0 aliphatic carbocycles. The maximum atomic E-state index is 5.38. The average Bonchev–Trinajstić information content (AvgIpc) is 2.82. The molecule has 3 rings (SSSR count). The SMILES string of the molecule is c1coc(-c2ccc(C3=NCCCCN3)cc2)c1. The highest BCUT2D eigenvalue weighted by molar-refractivity contribution is 5.99. The first-order valence-corrected chi connectivity index (χ1v) is 6.36. The Morgan fingerprint density at radius 3 is 2.61 bits per heavy atom. The summed E-state index contributed by atoms with van der Waals surface area (Å²) in [6, 6.07) is 12.2. The van der Waals surface area contributed by atoms with Crippen LogP contribution in [-0.4, -0.2) is 18.9 Å². The summed E-state index contributed by atoms with van der Waals surface area (Å²) in [6.45, 7) is 1.93. The number of hydrogen-bond acceptors (Lipinski definition) is 3. The van der Waals surface area contributed by atoms with Crippen LogP contribution in [0.4, 0.5) is 0 Å². The summed E-state index contributed by atoms with van der Waals surface area (Å²) in [5.41, 5.74) is 2.24. The third kappa shape index (κ3) is 2.30. The van der Waals surface area contributed by atoms with Crippen molar-refractivity contribution in [3.63, 3.8) is 0 Å². The van der Waals surface area contributed by atoms with E-state index in [4.69, 9.17) is 4.42 Å². The molecule has 0 atom stereocenters. The van der Waals surface area contributed by atoms with Crippen LogP contribution < -0.4 is 5.32 Å². The Morgan fingerprint density at radius 2 is 1.83 bits per heavy atom. The molecule has 1 aromatic heterocycles. The third-order valence-corrected chi connectivity index (χ3v) is 3.11. The molecule has 1 aliphatic rings. The minimum absolute atomic E-state index is 0.900. The van der Waals surface area contributed by atoms with Gasteiger partial charge in [-0.05, 0) is 25.0 Å². The van der Waals surface area contributed by atoms with Gasteiger partial charge < -0.3 is 9.73 Å². The van der Waals surface area contributed by atoms with Gasteiger partial charge in [0.15, 0.2) is 0 Å². The minimum atomic E-state index is 0.900. The number of amidine groups is 1. The van der Waals surface area contributed by atoms with Crippen LogP contribution in [0.1, 0.15) is 18.4 Å². The summed E-state index contributed by atoms with van der Waals surface area (Å²) in [7, 11) is 0. The van der Waals surface area contributed by atoms with Gasteiger partial charge in [-0.25, -0.2) is 0 Å². The standard InChI is InChI=1S/C15H16N2O/c1-2-10-17-15(16-9-1)13-7-5-12(6-8-13)14-4-3-11-18-14/h3-8,11H,1-2,9-10H2,(H,16,17). The first kappa shape index (κ1) is 11.1. The molecule has 1 aromatic carbocycles. The minimum Gasteiger partial charge on any atom is -0.464 e. The van der Waals surface area contributed by atoms with Crippen LogP contribution in [0.3, 0.4) is 0 Å². The van der Waals surface area contributed by atoms with Crippen LogP contribution in [0.25, 0.3) is 11.3 Å². The largest absolute Gasteiger partial charge is 0.464 e. The summed E-state index contributed by atoms with van der Waals surface area (Å²) < 4.78 is 5.38. The molecule has 0 amide bonds. The Bertz CT molecular complexity index is 526. The van der Waals surface area contributed by atoms with Gasteiger partial charge in [-0.2, -0.15) is 0 Å². The molecule has 0 spiro atoms. The Kier molecular flexibility index (Phi) is 3.13. The highest BCUT2D eigenvalue weighted by Gasteiger charge is 2.07. The van der Waals surface area contributed by atoms with Crippen LogP contribution in [0.15, 0.2) is 52.1 Å². The lowest BCUT2D eigenvalue weighted by Gasteiger charge is -2.07. The molecule has 3 nitrogen and oxygen atoms in total. The Morgan fingerprint density at radius 1 is 1.00 bits per heavy atom.